The normalized spacial score (nSPS) is 10.8. The highest BCUT2D eigenvalue weighted by Crippen LogP contribution is 2.31. The van der Waals surface area contributed by atoms with E-state index in [2.05, 4.69) is 20.5 Å². The Morgan fingerprint density at radius 2 is 1.87 bits per heavy atom. The van der Waals surface area contributed by atoms with Crippen LogP contribution in [0.4, 0.5) is 5.13 Å². The Labute approximate surface area is 192 Å². The molecule has 0 saturated carbocycles. The highest BCUT2D eigenvalue weighted by atomic mass is 35.5. The summed E-state index contributed by atoms with van der Waals surface area (Å²) in [6.45, 7) is 1.97. The van der Waals surface area contributed by atoms with Crippen LogP contribution in [0.5, 0.6) is 5.75 Å². The van der Waals surface area contributed by atoms with Gasteiger partial charge >= 0.3 is 0 Å². The molecule has 0 atom stereocenters. The zero-order valence-corrected chi connectivity index (χ0v) is 19.1. The van der Waals surface area contributed by atoms with Gasteiger partial charge in [-0.1, -0.05) is 11.6 Å². The van der Waals surface area contributed by atoms with Crippen molar-refractivity contribution in [1.82, 2.24) is 19.7 Å². The van der Waals surface area contributed by atoms with E-state index in [0.29, 0.717) is 20.7 Å². The molecule has 0 aliphatic carbocycles. The van der Waals surface area contributed by atoms with Crippen molar-refractivity contribution in [3.63, 3.8) is 0 Å². The number of aromatic nitrogens is 4. The summed E-state index contributed by atoms with van der Waals surface area (Å²) < 4.78 is 7.19. The van der Waals surface area contributed by atoms with E-state index in [9.17, 15) is 4.79 Å². The molecule has 0 aliphatic rings. The highest BCUT2D eigenvalue weighted by molar-refractivity contribution is 7.71. The number of methoxy groups -OCH3 is 1. The molecule has 10 heteroatoms. The Morgan fingerprint density at radius 3 is 2.55 bits per heavy atom. The molecule has 4 rings (SSSR count). The number of nitrogens with zero attached hydrogens (tertiary/aromatic N) is 3. The number of ether oxygens (including phenoxy) is 1. The third-order valence-corrected chi connectivity index (χ3v) is 6.02. The van der Waals surface area contributed by atoms with Gasteiger partial charge < -0.3 is 10.1 Å². The third kappa shape index (κ3) is 4.68. The summed E-state index contributed by atoms with van der Waals surface area (Å²) in [6, 6.07) is 14.8. The summed E-state index contributed by atoms with van der Waals surface area (Å²) in [4.78, 5) is 18.3. The number of hydrogen-bond donors (Lipinski definition) is 2. The average Bonchev–Trinajstić information content (AvgIpc) is 3.31. The van der Waals surface area contributed by atoms with E-state index in [1.807, 2.05) is 43.3 Å². The summed E-state index contributed by atoms with van der Waals surface area (Å²) in [7, 11) is 1.63. The topological polar surface area (TPSA) is 84.8 Å². The molecule has 1 amide bonds. The van der Waals surface area contributed by atoms with E-state index in [4.69, 9.17) is 28.6 Å². The van der Waals surface area contributed by atoms with Crippen molar-refractivity contribution < 1.29 is 9.53 Å². The van der Waals surface area contributed by atoms with Crippen LogP contribution in [-0.4, -0.2) is 32.8 Å². The molecule has 0 aliphatic heterocycles. The number of halogens is 1. The number of nitrogens with one attached hydrogen (secondary N) is 2. The van der Waals surface area contributed by atoms with Gasteiger partial charge in [0.25, 0.3) is 0 Å². The number of hydrogen-bond acceptors (Lipinski definition) is 6. The van der Waals surface area contributed by atoms with Crippen LogP contribution in [0.3, 0.4) is 0 Å². The zero-order chi connectivity index (χ0) is 22.0. The molecule has 0 radical (unpaired) electrons. The van der Waals surface area contributed by atoms with Crippen LogP contribution in [0.15, 0.2) is 48.5 Å². The lowest BCUT2D eigenvalue weighted by Gasteiger charge is -2.07. The molecule has 2 aromatic carbocycles. The monoisotopic (exact) mass is 471 g/mol. The minimum atomic E-state index is -0.247. The van der Waals surface area contributed by atoms with Crippen LogP contribution in [-0.2, 0) is 11.3 Å². The molecule has 0 fully saturated rings. The summed E-state index contributed by atoms with van der Waals surface area (Å²) in [6.07, 6.45) is 0. The summed E-state index contributed by atoms with van der Waals surface area (Å²) in [5, 5.41) is 11.0. The lowest BCUT2D eigenvalue weighted by molar-refractivity contribution is -0.116. The zero-order valence-electron chi connectivity index (χ0n) is 16.7. The quantitative estimate of drug-likeness (QED) is 0.371. The van der Waals surface area contributed by atoms with Crippen LogP contribution >= 0.6 is 35.2 Å². The molecular formula is C21H18ClN5O2S2. The number of anilines is 1. The smallest absolute Gasteiger partial charge is 0.246 e. The highest BCUT2D eigenvalue weighted by Gasteiger charge is 2.15. The molecular weight excluding hydrogens is 454 g/mol. The second-order valence-corrected chi connectivity index (χ2v) is 8.67. The van der Waals surface area contributed by atoms with Crippen molar-refractivity contribution in [2.45, 2.75) is 13.5 Å². The summed E-state index contributed by atoms with van der Waals surface area (Å²) >= 11 is 12.7. The van der Waals surface area contributed by atoms with E-state index >= 15 is 0 Å². The van der Waals surface area contributed by atoms with Crippen molar-refractivity contribution in [3.8, 4) is 28.4 Å². The van der Waals surface area contributed by atoms with Crippen LogP contribution in [0.2, 0.25) is 5.02 Å². The fourth-order valence-electron chi connectivity index (χ4n) is 3.05. The average molecular weight is 472 g/mol. The van der Waals surface area contributed by atoms with Crippen molar-refractivity contribution in [3.05, 3.63) is 63.2 Å². The van der Waals surface area contributed by atoms with Crippen molar-refractivity contribution in [2.24, 2.45) is 0 Å². The van der Waals surface area contributed by atoms with E-state index < -0.39 is 0 Å². The second-order valence-electron chi connectivity index (χ2n) is 6.65. The molecule has 0 spiro atoms. The lowest BCUT2D eigenvalue weighted by atomic mass is 10.1. The van der Waals surface area contributed by atoms with Crippen molar-refractivity contribution in [2.75, 3.05) is 12.4 Å². The molecule has 31 heavy (non-hydrogen) atoms. The maximum Gasteiger partial charge on any atom is 0.246 e. The van der Waals surface area contributed by atoms with Crippen LogP contribution < -0.4 is 10.1 Å². The maximum atomic E-state index is 12.7. The Kier molecular flexibility index (Phi) is 6.17. The van der Waals surface area contributed by atoms with Gasteiger partial charge in [-0.05, 0) is 67.7 Å². The molecule has 2 heterocycles. The van der Waals surface area contributed by atoms with Crippen molar-refractivity contribution >= 4 is 46.2 Å². The van der Waals surface area contributed by atoms with E-state index in [1.165, 1.54) is 11.3 Å². The number of H-pyrrole nitrogens is 1. The second kappa shape index (κ2) is 9.01. The first-order chi connectivity index (χ1) is 14.9. The first-order valence-corrected chi connectivity index (χ1v) is 10.9. The van der Waals surface area contributed by atoms with Gasteiger partial charge in [-0.15, -0.1) is 11.3 Å². The van der Waals surface area contributed by atoms with Gasteiger partial charge in [-0.25, -0.2) is 4.98 Å². The van der Waals surface area contributed by atoms with Gasteiger partial charge in [-0.3, -0.25) is 14.5 Å². The fourth-order valence-corrected chi connectivity index (χ4v) is 4.23. The van der Waals surface area contributed by atoms with Crippen molar-refractivity contribution in [1.29, 1.82) is 0 Å². The number of benzene rings is 2. The number of aryl methyl sites for hydroxylation is 1. The number of thiazole rings is 1. The van der Waals surface area contributed by atoms with Gasteiger partial charge in [0, 0.05) is 21.0 Å². The van der Waals surface area contributed by atoms with Crippen LogP contribution in [0.25, 0.3) is 22.6 Å². The standard InChI is InChI=1S/C21H18ClN5O2S2/c1-12-18(13-5-9-16(29-2)10-6-13)24-20(31-12)23-17(28)11-27-19(25-26-21(27)30)14-3-7-15(22)8-4-14/h3-10H,11H2,1-2H3,(H,26,30)(H,23,24,28). The molecule has 4 aromatic rings. The Morgan fingerprint density at radius 1 is 1.19 bits per heavy atom. The largest absolute Gasteiger partial charge is 0.497 e. The van der Waals surface area contributed by atoms with E-state index in [-0.39, 0.29) is 12.5 Å². The lowest BCUT2D eigenvalue weighted by Crippen LogP contribution is -2.19. The van der Waals surface area contributed by atoms with Gasteiger partial charge in [0.2, 0.25) is 5.91 Å². The van der Waals surface area contributed by atoms with E-state index in [1.54, 1.807) is 23.8 Å². The Hall–Kier alpha value is -3.01. The number of amides is 1. The molecule has 158 valence electrons. The predicted octanol–water partition coefficient (Wildman–Crippen LogP) is 5.34. The predicted molar refractivity (Wildman–Crippen MR) is 125 cm³/mol. The summed E-state index contributed by atoms with van der Waals surface area (Å²) in [5.41, 5.74) is 2.58. The minimum Gasteiger partial charge on any atom is -0.497 e. The van der Waals surface area contributed by atoms with E-state index in [0.717, 1.165) is 27.4 Å². The third-order valence-electron chi connectivity index (χ3n) is 4.57. The first-order valence-electron chi connectivity index (χ1n) is 9.27. The Balaban J connectivity index is 1.52. The maximum absolute atomic E-state index is 12.7. The molecule has 2 aromatic heterocycles. The molecule has 0 saturated heterocycles. The molecule has 0 bridgehead atoms. The van der Waals surface area contributed by atoms with Gasteiger partial charge in [-0.2, -0.15) is 5.10 Å². The van der Waals surface area contributed by atoms with Gasteiger partial charge in [0.1, 0.15) is 12.3 Å². The van der Waals surface area contributed by atoms with Crippen LogP contribution in [0, 0.1) is 11.7 Å². The fraction of sp³-hybridized carbons (Fsp3) is 0.143. The number of rotatable bonds is 6. The first kappa shape index (κ1) is 21.2. The summed E-state index contributed by atoms with van der Waals surface area (Å²) in [5.74, 6) is 1.09. The molecule has 2 N–H and O–H groups in total. The number of carbonyl (C=O) groups excluding carboxylic acids is 1. The molecule has 7 nitrogen and oxygen atoms in total. The van der Waals surface area contributed by atoms with Gasteiger partial charge in [0.15, 0.2) is 15.7 Å². The van der Waals surface area contributed by atoms with Crippen LogP contribution in [0.1, 0.15) is 4.88 Å². The minimum absolute atomic E-state index is 0.00376. The number of carbonyl (C=O) groups is 1. The molecule has 0 unspecified atom stereocenters. The SMILES string of the molecule is COc1ccc(-c2nc(NC(=O)Cn3c(-c4ccc(Cl)cc4)n[nH]c3=S)sc2C)cc1. The number of aromatic amines is 1. The van der Waals surface area contributed by atoms with Gasteiger partial charge in [0.05, 0.1) is 12.8 Å². The Bertz CT molecular complexity index is 1280.